The Morgan fingerprint density at radius 3 is 2.96 bits per heavy atom. The first-order valence-electron chi connectivity index (χ1n) is 8.46. The standard InChI is InChI=1S/C17H25N5OS/c1-5-22-8-6-7-12(22)9-18-15-13-11(2)14(17(23)21(3)4)24-16(13)20-10-19-15/h10,12H,5-9H2,1-4H3,(H,18,19,20). The molecule has 1 saturated heterocycles. The van der Waals surface area contributed by atoms with Crippen LogP contribution in [0.3, 0.4) is 0 Å². The Morgan fingerprint density at radius 2 is 2.25 bits per heavy atom. The lowest BCUT2D eigenvalue weighted by Gasteiger charge is -2.23. The largest absolute Gasteiger partial charge is 0.368 e. The number of carbonyl (C=O) groups excluding carboxylic acids is 1. The first-order chi connectivity index (χ1) is 11.5. The molecule has 0 radical (unpaired) electrons. The van der Waals surface area contributed by atoms with E-state index in [1.807, 2.05) is 6.92 Å². The third-order valence-corrected chi connectivity index (χ3v) is 5.93. The van der Waals surface area contributed by atoms with Gasteiger partial charge in [-0.3, -0.25) is 9.69 Å². The van der Waals surface area contributed by atoms with Gasteiger partial charge in [-0.2, -0.15) is 0 Å². The summed E-state index contributed by atoms with van der Waals surface area (Å²) in [4.78, 5) is 26.9. The van der Waals surface area contributed by atoms with Gasteiger partial charge in [0.05, 0.1) is 10.3 Å². The maximum absolute atomic E-state index is 12.4. The van der Waals surface area contributed by atoms with Crippen LogP contribution in [-0.2, 0) is 0 Å². The van der Waals surface area contributed by atoms with Crippen molar-refractivity contribution < 1.29 is 4.79 Å². The highest BCUT2D eigenvalue weighted by Gasteiger charge is 2.24. The van der Waals surface area contributed by atoms with Crippen LogP contribution in [0.15, 0.2) is 6.33 Å². The minimum atomic E-state index is 0.0226. The summed E-state index contributed by atoms with van der Waals surface area (Å²) in [6.45, 7) is 7.35. The van der Waals surface area contributed by atoms with Gasteiger partial charge in [-0.1, -0.05) is 6.92 Å². The number of likely N-dealkylation sites (N-methyl/N-ethyl adjacent to an activating group) is 1. The van der Waals surface area contributed by atoms with E-state index in [1.54, 1.807) is 25.3 Å². The minimum Gasteiger partial charge on any atom is -0.368 e. The highest BCUT2D eigenvalue weighted by Crippen LogP contribution is 2.34. The third kappa shape index (κ3) is 3.10. The summed E-state index contributed by atoms with van der Waals surface area (Å²) in [5.41, 5.74) is 0.968. The van der Waals surface area contributed by atoms with E-state index in [0.29, 0.717) is 6.04 Å². The van der Waals surface area contributed by atoms with Crippen molar-refractivity contribution in [3.8, 4) is 0 Å². The Morgan fingerprint density at radius 1 is 1.46 bits per heavy atom. The van der Waals surface area contributed by atoms with Crippen molar-refractivity contribution in [2.24, 2.45) is 0 Å². The first-order valence-corrected chi connectivity index (χ1v) is 9.28. The van der Waals surface area contributed by atoms with Crippen molar-refractivity contribution in [3.05, 3.63) is 16.8 Å². The van der Waals surface area contributed by atoms with Gasteiger partial charge in [-0.15, -0.1) is 11.3 Å². The number of hydrogen-bond donors (Lipinski definition) is 1. The molecule has 1 aliphatic heterocycles. The van der Waals surface area contributed by atoms with Crippen LogP contribution in [0.5, 0.6) is 0 Å². The second kappa shape index (κ2) is 7.03. The molecule has 0 spiro atoms. The van der Waals surface area contributed by atoms with Crippen LogP contribution in [0.2, 0.25) is 0 Å². The van der Waals surface area contributed by atoms with Gasteiger partial charge < -0.3 is 10.2 Å². The lowest BCUT2D eigenvalue weighted by molar-refractivity contribution is 0.0831. The molecular weight excluding hydrogens is 322 g/mol. The number of hydrogen-bond acceptors (Lipinski definition) is 6. The van der Waals surface area contributed by atoms with Crippen LogP contribution >= 0.6 is 11.3 Å². The number of nitrogens with one attached hydrogen (secondary N) is 1. The number of thiophene rings is 1. The molecule has 24 heavy (non-hydrogen) atoms. The molecule has 0 aliphatic carbocycles. The van der Waals surface area contributed by atoms with E-state index in [4.69, 9.17) is 0 Å². The van der Waals surface area contributed by atoms with Gasteiger partial charge in [-0.25, -0.2) is 9.97 Å². The number of nitrogens with zero attached hydrogens (tertiary/aromatic N) is 4. The molecule has 2 aromatic heterocycles. The molecule has 0 saturated carbocycles. The highest BCUT2D eigenvalue weighted by atomic mass is 32.1. The Balaban J connectivity index is 1.87. The average molecular weight is 347 g/mol. The number of rotatable bonds is 5. The molecule has 6 nitrogen and oxygen atoms in total. The molecular formula is C17H25N5OS. The van der Waals surface area contributed by atoms with Gasteiger partial charge in [0.25, 0.3) is 5.91 Å². The number of aromatic nitrogens is 2. The molecule has 130 valence electrons. The molecule has 1 aliphatic rings. The predicted octanol–water partition coefficient (Wildman–Crippen LogP) is 2.60. The van der Waals surface area contributed by atoms with Crippen LogP contribution in [0.4, 0.5) is 5.82 Å². The van der Waals surface area contributed by atoms with E-state index in [9.17, 15) is 4.79 Å². The summed E-state index contributed by atoms with van der Waals surface area (Å²) in [6.07, 6.45) is 4.07. The fourth-order valence-corrected chi connectivity index (χ4v) is 4.54. The second-order valence-corrected chi connectivity index (χ2v) is 7.46. The fraction of sp³-hybridized carbons (Fsp3) is 0.588. The quantitative estimate of drug-likeness (QED) is 0.901. The van der Waals surface area contributed by atoms with Gasteiger partial charge in [0.1, 0.15) is 17.0 Å². The lowest BCUT2D eigenvalue weighted by atomic mass is 10.2. The summed E-state index contributed by atoms with van der Waals surface area (Å²) in [6, 6.07) is 0.557. The zero-order valence-electron chi connectivity index (χ0n) is 14.8. The highest BCUT2D eigenvalue weighted by molar-refractivity contribution is 7.20. The Kier molecular flexibility index (Phi) is 5.01. The lowest BCUT2D eigenvalue weighted by Crippen LogP contribution is -2.34. The van der Waals surface area contributed by atoms with Crippen LogP contribution in [0, 0.1) is 6.92 Å². The number of amides is 1. The number of anilines is 1. The minimum absolute atomic E-state index is 0.0226. The van der Waals surface area contributed by atoms with Gasteiger partial charge >= 0.3 is 0 Å². The third-order valence-electron chi connectivity index (χ3n) is 4.74. The van der Waals surface area contributed by atoms with Crippen LogP contribution in [0.1, 0.15) is 35.0 Å². The molecule has 1 unspecified atom stereocenters. The maximum atomic E-state index is 12.4. The van der Waals surface area contributed by atoms with Gasteiger partial charge in [0, 0.05) is 26.7 Å². The number of aryl methyl sites for hydroxylation is 1. The van der Waals surface area contributed by atoms with E-state index in [-0.39, 0.29) is 5.91 Å². The van der Waals surface area contributed by atoms with Crippen LogP contribution < -0.4 is 5.32 Å². The number of carbonyl (C=O) groups is 1. The number of fused-ring (bicyclic) bond motifs is 1. The van der Waals surface area contributed by atoms with E-state index in [1.165, 1.54) is 30.7 Å². The molecule has 0 bridgehead atoms. The van der Waals surface area contributed by atoms with E-state index >= 15 is 0 Å². The van der Waals surface area contributed by atoms with Gasteiger partial charge in [-0.05, 0) is 38.4 Å². The maximum Gasteiger partial charge on any atom is 0.263 e. The molecule has 3 heterocycles. The molecule has 1 fully saturated rings. The van der Waals surface area contributed by atoms with Gasteiger partial charge in [0.2, 0.25) is 0 Å². The summed E-state index contributed by atoms with van der Waals surface area (Å²) < 4.78 is 0. The Bertz CT molecular complexity index is 742. The monoisotopic (exact) mass is 347 g/mol. The van der Waals surface area contributed by atoms with Gasteiger partial charge in [0.15, 0.2) is 0 Å². The molecule has 1 atom stereocenters. The van der Waals surface area contributed by atoms with E-state index < -0.39 is 0 Å². The Labute approximate surface area is 146 Å². The van der Waals surface area contributed by atoms with E-state index in [0.717, 1.165) is 39.6 Å². The average Bonchev–Trinajstić information content (AvgIpc) is 3.16. The van der Waals surface area contributed by atoms with Crippen molar-refractivity contribution in [1.29, 1.82) is 0 Å². The molecule has 3 rings (SSSR count). The summed E-state index contributed by atoms with van der Waals surface area (Å²) in [7, 11) is 3.55. The van der Waals surface area contributed by atoms with Crippen LogP contribution in [0.25, 0.3) is 10.2 Å². The topological polar surface area (TPSA) is 61.4 Å². The number of likely N-dealkylation sites (tertiary alicyclic amines) is 1. The first kappa shape index (κ1) is 17.1. The van der Waals surface area contributed by atoms with Crippen molar-refractivity contribution >= 4 is 33.3 Å². The van der Waals surface area contributed by atoms with Crippen molar-refractivity contribution in [3.63, 3.8) is 0 Å². The van der Waals surface area contributed by atoms with E-state index in [2.05, 4.69) is 27.1 Å². The summed E-state index contributed by atoms with van der Waals surface area (Å²) in [5, 5.41) is 4.49. The molecule has 0 aromatic carbocycles. The zero-order chi connectivity index (χ0) is 17.3. The van der Waals surface area contributed by atoms with Crippen molar-refractivity contribution in [2.75, 3.05) is 39.0 Å². The molecule has 7 heteroatoms. The Hall–Kier alpha value is -1.73. The zero-order valence-corrected chi connectivity index (χ0v) is 15.6. The van der Waals surface area contributed by atoms with Crippen molar-refractivity contribution in [1.82, 2.24) is 19.8 Å². The predicted molar refractivity (Wildman–Crippen MR) is 98.9 cm³/mol. The summed E-state index contributed by atoms with van der Waals surface area (Å²) in [5.74, 6) is 0.865. The van der Waals surface area contributed by atoms with Crippen LogP contribution in [-0.4, -0.2) is 65.4 Å². The van der Waals surface area contributed by atoms with Crippen molar-refractivity contribution in [2.45, 2.75) is 32.7 Å². The SMILES string of the molecule is CCN1CCCC1CNc1ncnc2sc(C(=O)N(C)C)c(C)c12. The smallest absolute Gasteiger partial charge is 0.263 e. The fourth-order valence-electron chi connectivity index (χ4n) is 3.37. The molecule has 1 N–H and O–H groups in total. The normalized spacial score (nSPS) is 18.2. The molecule has 2 aromatic rings. The second-order valence-electron chi connectivity index (χ2n) is 6.46. The summed E-state index contributed by atoms with van der Waals surface area (Å²) >= 11 is 1.44. The molecule has 1 amide bonds.